The summed E-state index contributed by atoms with van der Waals surface area (Å²) in [6, 6.07) is 5.89. The summed E-state index contributed by atoms with van der Waals surface area (Å²) in [5.74, 6) is 0. The molecule has 1 heterocycles. The van der Waals surface area contributed by atoms with Crippen LogP contribution in [0.2, 0.25) is 0 Å². The van der Waals surface area contributed by atoms with Gasteiger partial charge < -0.3 is 20.1 Å². The zero-order chi connectivity index (χ0) is 14.9. The van der Waals surface area contributed by atoms with E-state index >= 15 is 0 Å². The molecule has 7 nitrogen and oxygen atoms in total. The van der Waals surface area contributed by atoms with Crippen molar-refractivity contribution in [3.8, 4) is 0 Å². The molecule has 1 aromatic rings. The summed E-state index contributed by atoms with van der Waals surface area (Å²) in [5, 5.41) is 28.6. The van der Waals surface area contributed by atoms with Gasteiger partial charge in [0.05, 0.1) is 11.5 Å². The SMILES string of the molecule is Cc1ccc(S(=O)(=O)O[C@H]2[C@@H](O)[C@@H](O)CO[C@@H]2O)cc1. The first-order valence-corrected chi connectivity index (χ1v) is 7.38. The van der Waals surface area contributed by atoms with E-state index in [1.54, 1.807) is 19.1 Å². The summed E-state index contributed by atoms with van der Waals surface area (Å²) < 4.78 is 33.6. The van der Waals surface area contributed by atoms with Gasteiger partial charge in [0.1, 0.15) is 12.2 Å². The molecule has 1 aliphatic rings. The number of hydrogen-bond acceptors (Lipinski definition) is 7. The Balaban J connectivity index is 2.20. The van der Waals surface area contributed by atoms with Gasteiger partial charge in [-0.2, -0.15) is 8.42 Å². The topological polar surface area (TPSA) is 113 Å². The first kappa shape index (κ1) is 15.4. The minimum Gasteiger partial charge on any atom is -0.388 e. The Hall–Kier alpha value is -1.03. The highest BCUT2D eigenvalue weighted by Gasteiger charge is 2.41. The van der Waals surface area contributed by atoms with Crippen molar-refractivity contribution in [2.75, 3.05) is 6.61 Å². The zero-order valence-corrected chi connectivity index (χ0v) is 11.5. The lowest BCUT2D eigenvalue weighted by Gasteiger charge is -2.34. The fourth-order valence-electron chi connectivity index (χ4n) is 1.79. The van der Waals surface area contributed by atoms with E-state index in [2.05, 4.69) is 0 Å². The third-order valence-electron chi connectivity index (χ3n) is 3.00. The normalized spacial score (nSPS) is 31.2. The lowest BCUT2D eigenvalue weighted by atomic mass is 10.1. The van der Waals surface area contributed by atoms with E-state index in [4.69, 9.17) is 8.92 Å². The Morgan fingerprint density at radius 2 is 1.80 bits per heavy atom. The van der Waals surface area contributed by atoms with Gasteiger partial charge in [0.25, 0.3) is 10.1 Å². The van der Waals surface area contributed by atoms with E-state index in [1.165, 1.54) is 12.1 Å². The highest BCUT2D eigenvalue weighted by atomic mass is 32.2. The number of rotatable bonds is 3. The molecule has 1 aromatic carbocycles. The molecule has 1 aliphatic heterocycles. The predicted octanol–water partition coefficient (Wildman–Crippen LogP) is -0.861. The molecule has 3 N–H and O–H groups in total. The van der Waals surface area contributed by atoms with Gasteiger partial charge in [0.15, 0.2) is 12.4 Å². The van der Waals surface area contributed by atoms with E-state index in [0.29, 0.717) is 0 Å². The van der Waals surface area contributed by atoms with Gasteiger partial charge >= 0.3 is 0 Å². The van der Waals surface area contributed by atoms with Gasteiger partial charge in [-0.1, -0.05) is 17.7 Å². The van der Waals surface area contributed by atoms with Gasteiger partial charge in [-0.3, -0.25) is 4.18 Å². The number of aliphatic hydroxyl groups is 3. The van der Waals surface area contributed by atoms with Crippen molar-refractivity contribution in [1.29, 1.82) is 0 Å². The lowest BCUT2D eigenvalue weighted by molar-refractivity contribution is -0.244. The molecule has 8 heteroatoms. The van der Waals surface area contributed by atoms with Crippen molar-refractivity contribution < 1.29 is 32.7 Å². The van der Waals surface area contributed by atoms with Crippen LogP contribution in [0.5, 0.6) is 0 Å². The average Bonchev–Trinajstić information content (AvgIpc) is 2.40. The molecule has 112 valence electrons. The third kappa shape index (κ3) is 3.17. The van der Waals surface area contributed by atoms with Crippen LogP contribution in [0, 0.1) is 6.92 Å². The van der Waals surface area contributed by atoms with Crippen LogP contribution in [-0.2, 0) is 19.0 Å². The molecule has 4 atom stereocenters. The summed E-state index contributed by atoms with van der Waals surface area (Å²) in [7, 11) is -4.18. The largest absolute Gasteiger partial charge is 0.388 e. The van der Waals surface area contributed by atoms with Gasteiger partial charge in [-0.25, -0.2) is 0 Å². The quantitative estimate of drug-likeness (QED) is 0.623. The molecule has 0 aliphatic carbocycles. The predicted molar refractivity (Wildman–Crippen MR) is 67.2 cm³/mol. The molecule has 0 unspecified atom stereocenters. The summed E-state index contributed by atoms with van der Waals surface area (Å²) in [6.45, 7) is 1.50. The van der Waals surface area contributed by atoms with Crippen LogP contribution in [0.3, 0.4) is 0 Å². The Bertz CT molecular complexity index is 554. The number of hydrogen-bond donors (Lipinski definition) is 3. The molecule has 0 aromatic heterocycles. The second-order valence-corrected chi connectivity index (χ2v) is 6.18. The van der Waals surface area contributed by atoms with Crippen molar-refractivity contribution in [3.05, 3.63) is 29.8 Å². The van der Waals surface area contributed by atoms with Gasteiger partial charge in [0.2, 0.25) is 0 Å². The number of aliphatic hydroxyl groups excluding tert-OH is 3. The highest BCUT2D eigenvalue weighted by molar-refractivity contribution is 7.86. The van der Waals surface area contributed by atoms with Crippen LogP contribution in [0.15, 0.2) is 29.2 Å². The molecule has 0 saturated carbocycles. The molecule has 0 radical (unpaired) electrons. The van der Waals surface area contributed by atoms with Crippen molar-refractivity contribution in [1.82, 2.24) is 0 Å². The molecular weight excluding hydrogens is 288 g/mol. The fourth-order valence-corrected chi connectivity index (χ4v) is 2.87. The maximum absolute atomic E-state index is 12.0. The number of ether oxygens (including phenoxy) is 1. The minimum absolute atomic E-state index is 0.109. The highest BCUT2D eigenvalue weighted by Crippen LogP contribution is 2.22. The van der Waals surface area contributed by atoms with Crippen molar-refractivity contribution >= 4 is 10.1 Å². The molecule has 0 spiro atoms. The zero-order valence-electron chi connectivity index (χ0n) is 10.7. The van der Waals surface area contributed by atoms with Crippen LogP contribution in [0.25, 0.3) is 0 Å². The molecule has 0 amide bonds. The Kier molecular flexibility index (Phi) is 4.43. The summed E-state index contributed by atoms with van der Waals surface area (Å²) >= 11 is 0. The van der Waals surface area contributed by atoms with Gasteiger partial charge in [-0.15, -0.1) is 0 Å². The van der Waals surface area contributed by atoms with Crippen molar-refractivity contribution in [2.45, 2.75) is 36.4 Å². The fraction of sp³-hybridized carbons (Fsp3) is 0.500. The monoisotopic (exact) mass is 304 g/mol. The Morgan fingerprint density at radius 3 is 2.40 bits per heavy atom. The molecular formula is C12H16O7S. The second-order valence-electron chi connectivity index (χ2n) is 4.61. The van der Waals surface area contributed by atoms with Crippen LogP contribution in [0.4, 0.5) is 0 Å². The molecule has 1 fully saturated rings. The lowest BCUT2D eigenvalue weighted by Crippen LogP contribution is -2.54. The van der Waals surface area contributed by atoms with Crippen LogP contribution in [0.1, 0.15) is 5.56 Å². The maximum atomic E-state index is 12.0. The molecule has 1 saturated heterocycles. The smallest absolute Gasteiger partial charge is 0.297 e. The first-order valence-electron chi connectivity index (χ1n) is 5.97. The van der Waals surface area contributed by atoms with Crippen molar-refractivity contribution in [3.63, 3.8) is 0 Å². The van der Waals surface area contributed by atoms with Crippen LogP contribution in [-0.4, -0.2) is 54.9 Å². The average molecular weight is 304 g/mol. The Labute approximate surface area is 116 Å². The molecule has 0 bridgehead atoms. The Morgan fingerprint density at radius 1 is 1.20 bits per heavy atom. The third-order valence-corrected chi connectivity index (χ3v) is 4.32. The van der Waals surface area contributed by atoms with Crippen molar-refractivity contribution in [2.24, 2.45) is 0 Å². The minimum atomic E-state index is -4.18. The van der Waals surface area contributed by atoms with E-state index < -0.39 is 34.7 Å². The van der Waals surface area contributed by atoms with Gasteiger partial charge in [0, 0.05) is 0 Å². The summed E-state index contributed by atoms with van der Waals surface area (Å²) in [6.07, 6.45) is -6.09. The van der Waals surface area contributed by atoms with E-state index in [9.17, 15) is 23.7 Å². The standard InChI is InChI=1S/C12H16O7S/c1-7-2-4-8(5-3-7)20(16,17)19-11-10(14)9(13)6-18-12(11)15/h2-5,9-15H,6H2,1H3/t9-,10-,11-,12-/m0/s1. The first-order chi connectivity index (χ1) is 9.31. The summed E-state index contributed by atoms with van der Waals surface area (Å²) in [4.78, 5) is -0.109. The molecule has 2 rings (SSSR count). The van der Waals surface area contributed by atoms with Gasteiger partial charge in [-0.05, 0) is 19.1 Å². The van der Waals surface area contributed by atoms with E-state index in [0.717, 1.165) is 5.56 Å². The summed E-state index contributed by atoms with van der Waals surface area (Å²) in [5.41, 5.74) is 0.875. The van der Waals surface area contributed by atoms with Crippen LogP contribution < -0.4 is 0 Å². The maximum Gasteiger partial charge on any atom is 0.297 e. The second kappa shape index (κ2) is 5.76. The van der Waals surface area contributed by atoms with E-state index in [-0.39, 0.29) is 11.5 Å². The number of aryl methyl sites for hydroxylation is 1. The number of benzene rings is 1. The van der Waals surface area contributed by atoms with Crippen LogP contribution >= 0.6 is 0 Å². The van der Waals surface area contributed by atoms with E-state index in [1.807, 2.05) is 0 Å². The molecule has 20 heavy (non-hydrogen) atoms.